The second-order valence-corrected chi connectivity index (χ2v) is 9.87. The summed E-state index contributed by atoms with van der Waals surface area (Å²) in [7, 11) is 1.56. The summed E-state index contributed by atoms with van der Waals surface area (Å²) in [6, 6.07) is 20.5. The van der Waals surface area contributed by atoms with Crippen LogP contribution in [0.15, 0.2) is 71.6 Å². The number of amides is 2. The molecule has 8 heteroatoms. The number of benzene rings is 3. The Morgan fingerprint density at radius 2 is 1.79 bits per heavy atom. The molecule has 0 unspecified atom stereocenters. The van der Waals surface area contributed by atoms with Crippen LogP contribution < -0.4 is 9.47 Å². The molecule has 0 atom stereocenters. The van der Waals surface area contributed by atoms with E-state index in [9.17, 15) is 9.59 Å². The number of carbonyl (C=O) groups is 2. The van der Waals surface area contributed by atoms with E-state index >= 15 is 0 Å². The van der Waals surface area contributed by atoms with Crippen LogP contribution in [0.25, 0.3) is 6.08 Å². The Kier molecular flexibility index (Phi) is 7.62. The van der Waals surface area contributed by atoms with Crippen molar-refractivity contribution < 1.29 is 19.1 Å². The standard InChI is InChI=1S/C25H19ClINO4S/c1-31-21-7-3-5-18(23(21)32-15-17-4-2-6-19(26)12-17)13-22-24(29)28(25(30)33-22)14-16-8-10-20(27)11-9-16/h2-13H,14-15H2,1H3/b22-13-. The molecule has 0 N–H and O–H groups in total. The number of thioether (sulfide) groups is 1. The second-order valence-electron chi connectivity index (χ2n) is 7.19. The minimum Gasteiger partial charge on any atom is -0.493 e. The number of hydrogen-bond acceptors (Lipinski definition) is 5. The van der Waals surface area contributed by atoms with Gasteiger partial charge in [0.25, 0.3) is 11.1 Å². The fraction of sp³-hybridized carbons (Fsp3) is 0.120. The molecule has 1 saturated heterocycles. The highest BCUT2D eigenvalue weighted by Gasteiger charge is 2.35. The summed E-state index contributed by atoms with van der Waals surface area (Å²) in [6.45, 7) is 0.505. The lowest BCUT2D eigenvalue weighted by atomic mass is 10.1. The molecule has 3 aromatic carbocycles. The first-order valence-corrected chi connectivity index (χ1v) is 12.3. The van der Waals surface area contributed by atoms with Crippen LogP contribution in [0.2, 0.25) is 5.02 Å². The first kappa shape index (κ1) is 23.7. The first-order chi connectivity index (χ1) is 15.9. The van der Waals surface area contributed by atoms with E-state index in [2.05, 4.69) is 22.6 Å². The Bertz CT molecular complexity index is 1230. The second kappa shape index (κ2) is 10.6. The molecule has 1 aliphatic heterocycles. The Morgan fingerprint density at radius 3 is 2.52 bits per heavy atom. The van der Waals surface area contributed by atoms with Crippen molar-refractivity contribution in [2.75, 3.05) is 7.11 Å². The zero-order valence-electron chi connectivity index (χ0n) is 17.6. The summed E-state index contributed by atoms with van der Waals surface area (Å²) in [6.07, 6.45) is 1.68. The normalized spacial score (nSPS) is 14.8. The van der Waals surface area contributed by atoms with Crippen LogP contribution in [-0.2, 0) is 17.9 Å². The largest absolute Gasteiger partial charge is 0.493 e. The lowest BCUT2D eigenvalue weighted by molar-refractivity contribution is -0.123. The highest BCUT2D eigenvalue weighted by Crippen LogP contribution is 2.38. The van der Waals surface area contributed by atoms with Crippen molar-refractivity contribution in [1.82, 2.24) is 4.90 Å². The van der Waals surface area contributed by atoms with Crippen LogP contribution in [-0.4, -0.2) is 23.2 Å². The topological polar surface area (TPSA) is 55.8 Å². The van der Waals surface area contributed by atoms with Gasteiger partial charge in [0.15, 0.2) is 11.5 Å². The van der Waals surface area contributed by atoms with Gasteiger partial charge in [-0.2, -0.15) is 0 Å². The lowest BCUT2D eigenvalue weighted by Gasteiger charge is -2.14. The quantitative estimate of drug-likeness (QED) is 0.224. The number of carbonyl (C=O) groups excluding carboxylic acids is 2. The van der Waals surface area contributed by atoms with E-state index in [-0.39, 0.29) is 24.3 Å². The van der Waals surface area contributed by atoms with Gasteiger partial charge in [-0.15, -0.1) is 0 Å². The maximum absolute atomic E-state index is 13.0. The van der Waals surface area contributed by atoms with Crippen LogP contribution in [0.5, 0.6) is 11.5 Å². The number of imide groups is 1. The molecule has 0 spiro atoms. The van der Waals surface area contributed by atoms with Crippen LogP contribution >= 0.6 is 46.0 Å². The number of halogens is 2. The van der Waals surface area contributed by atoms with E-state index in [1.807, 2.05) is 54.6 Å². The summed E-state index contributed by atoms with van der Waals surface area (Å²) in [5.41, 5.74) is 2.44. The molecule has 0 radical (unpaired) electrons. The third kappa shape index (κ3) is 5.72. The fourth-order valence-corrected chi connectivity index (χ4v) is 4.70. The van der Waals surface area contributed by atoms with Crippen molar-refractivity contribution in [2.45, 2.75) is 13.2 Å². The van der Waals surface area contributed by atoms with Crippen molar-refractivity contribution in [3.05, 3.63) is 96.9 Å². The molecule has 0 aromatic heterocycles. The van der Waals surface area contributed by atoms with Crippen LogP contribution in [0, 0.1) is 3.57 Å². The van der Waals surface area contributed by atoms with E-state index < -0.39 is 0 Å². The minimum absolute atomic E-state index is 0.231. The number of rotatable bonds is 7. The molecule has 0 bridgehead atoms. The molecule has 1 aliphatic rings. The number of para-hydroxylation sites is 1. The number of nitrogens with zero attached hydrogens (tertiary/aromatic N) is 1. The molecule has 2 amide bonds. The molecule has 0 aliphatic carbocycles. The zero-order valence-corrected chi connectivity index (χ0v) is 21.3. The zero-order chi connectivity index (χ0) is 23.4. The average Bonchev–Trinajstić information content (AvgIpc) is 3.06. The maximum Gasteiger partial charge on any atom is 0.293 e. The fourth-order valence-electron chi connectivity index (χ4n) is 3.29. The number of hydrogen-bond donors (Lipinski definition) is 0. The van der Waals surface area contributed by atoms with Crippen molar-refractivity contribution in [2.24, 2.45) is 0 Å². The Hall–Kier alpha value is -2.49. The van der Waals surface area contributed by atoms with Gasteiger partial charge in [0, 0.05) is 14.2 Å². The van der Waals surface area contributed by atoms with Crippen LogP contribution in [0.3, 0.4) is 0 Å². The summed E-state index contributed by atoms with van der Waals surface area (Å²) in [5, 5.41) is 0.326. The Morgan fingerprint density at radius 1 is 1.03 bits per heavy atom. The van der Waals surface area contributed by atoms with Gasteiger partial charge in [-0.05, 0) is 81.9 Å². The molecule has 33 heavy (non-hydrogen) atoms. The molecule has 4 rings (SSSR count). The molecular formula is C25H19ClINO4S. The first-order valence-electron chi connectivity index (χ1n) is 9.98. The predicted molar refractivity (Wildman–Crippen MR) is 139 cm³/mol. The molecule has 1 fully saturated rings. The van der Waals surface area contributed by atoms with Gasteiger partial charge in [0.1, 0.15) is 6.61 Å². The van der Waals surface area contributed by atoms with E-state index in [0.717, 1.165) is 26.5 Å². The summed E-state index contributed by atoms with van der Waals surface area (Å²) < 4.78 is 12.6. The van der Waals surface area contributed by atoms with Gasteiger partial charge in [-0.1, -0.05) is 48.0 Å². The number of methoxy groups -OCH3 is 1. The predicted octanol–water partition coefficient (Wildman–Crippen LogP) is 6.77. The van der Waals surface area contributed by atoms with Gasteiger partial charge >= 0.3 is 0 Å². The van der Waals surface area contributed by atoms with Gasteiger partial charge < -0.3 is 9.47 Å². The Labute approximate surface area is 214 Å². The van der Waals surface area contributed by atoms with Crippen molar-refractivity contribution in [1.29, 1.82) is 0 Å². The van der Waals surface area contributed by atoms with Crippen LogP contribution in [0.4, 0.5) is 4.79 Å². The molecule has 0 saturated carbocycles. The monoisotopic (exact) mass is 591 g/mol. The lowest BCUT2D eigenvalue weighted by Crippen LogP contribution is -2.27. The highest BCUT2D eigenvalue weighted by atomic mass is 127. The van der Waals surface area contributed by atoms with E-state index in [1.165, 1.54) is 4.90 Å². The van der Waals surface area contributed by atoms with E-state index in [1.54, 1.807) is 25.3 Å². The van der Waals surface area contributed by atoms with Gasteiger partial charge in [0.2, 0.25) is 0 Å². The molecular weight excluding hydrogens is 573 g/mol. The van der Waals surface area contributed by atoms with Crippen molar-refractivity contribution in [3.8, 4) is 11.5 Å². The third-order valence-electron chi connectivity index (χ3n) is 4.92. The maximum atomic E-state index is 13.0. The van der Waals surface area contributed by atoms with Gasteiger partial charge in [-0.25, -0.2) is 0 Å². The average molecular weight is 592 g/mol. The summed E-state index contributed by atoms with van der Waals surface area (Å²) >= 11 is 9.21. The van der Waals surface area contributed by atoms with E-state index in [0.29, 0.717) is 27.0 Å². The molecule has 1 heterocycles. The minimum atomic E-state index is -0.327. The van der Waals surface area contributed by atoms with E-state index in [4.69, 9.17) is 21.1 Å². The molecule has 168 valence electrons. The van der Waals surface area contributed by atoms with Gasteiger partial charge in [-0.3, -0.25) is 14.5 Å². The van der Waals surface area contributed by atoms with Crippen LogP contribution in [0.1, 0.15) is 16.7 Å². The third-order valence-corrected chi connectivity index (χ3v) is 6.78. The smallest absolute Gasteiger partial charge is 0.293 e. The summed E-state index contributed by atoms with van der Waals surface area (Å²) in [5.74, 6) is 0.695. The SMILES string of the molecule is COc1cccc(/C=C2\SC(=O)N(Cc3ccc(I)cc3)C2=O)c1OCc1cccc(Cl)c1. The molecule has 5 nitrogen and oxygen atoms in total. The van der Waals surface area contributed by atoms with Gasteiger partial charge in [0.05, 0.1) is 18.6 Å². The Balaban J connectivity index is 1.58. The summed E-state index contributed by atoms with van der Waals surface area (Å²) in [4.78, 5) is 27.2. The molecule has 3 aromatic rings. The van der Waals surface area contributed by atoms with Crippen molar-refractivity contribution in [3.63, 3.8) is 0 Å². The highest BCUT2D eigenvalue weighted by molar-refractivity contribution is 14.1. The number of ether oxygens (including phenoxy) is 2. The van der Waals surface area contributed by atoms with Crippen molar-refractivity contribution >= 4 is 63.2 Å².